The van der Waals surface area contributed by atoms with Gasteiger partial charge in [0, 0.05) is 12.0 Å². The minimum atomic E-state index is 0.120. The first-order chi connectivity index (χ1) is 6.84. The zero-order valence-electron chi connectivity index (χ0n) is 7.59. The molecule has 5 nitrogen and oxygen atoms in total. The Morgan fingerprint density at radius 3 is 3.00 bits per heavy atom. The van der Waals surface area contributed by atoms with Crippen LogP contribution in [0.1, 0.15) is 30.9 Å². The molecule has 5 heteroatoms. The van der Waals surface area contributed by atoms with E-state index in [1.807, 2.05) is 0 Å². The number of hydrogen-bond donors (Lipinski definition) is 1. The van der Waals surface area contributed by atoms with Crippen molar-refractivity contribution < 1.29 is 5.11 Å². The highest BCUT2D eigenvalue weighted by Crippen LogP contribution is 2.36. The van der Waals surface area contributed by atoms with E-state index in [0.717, 1.165) is 18.5 Å². The highest BCUT2D eigenvalue weighted by molar-refractivity contribution is 5.34. The molecule has 0 unspecified atom stereocenters. The molecule has 72 valence electrons. The Bertz CT molecular complexity index is 475. The number of nitrogens with zero attached hydrogens (tertiary/aromatic N) is 4. The summed E-state index contributed by atoms with van der Waals surface area (Å²) < 4.78 is 1.34. The van der Waals surface area contributed by atoms with Crippen LogP contribution >= 0.6 is 0 Å². The maximum Gasteiger partial charge on any atom is 0.255 e. The number of rotatable bonds is 1. The number of aromatic hydroxyl groups is 1. The van der Waals surface area contributed by atoms with Crippen LogP contribution in [-0.4, -0.2) is 24.7 Å². The average molecular weight is 190 g/mol. The van der Waals surface area contributed by atoms with Gasteiger partial charge in [-0.25, -0.2) is 4.98 Å². The summed E-state index contributed by atoms with van der Waals surface area (Å²) in [5.41, 5.74) is 0.939. The number of fused-ring (bicyclic) bond motifs is 1. The van der Waals surface area contributed by atoms with E-state index in [4.69, 9.17) is 0 Å². The van der Waals surface area contributed by atoms with Crippen molar-refractivity contribution in [3.8, 4) is 5.88 Å². The summed E-state index contributed by atoms with van der Waals surface area (Å²) in [5, 5.41) is 13.5. The molecule has 1 saturated carbocycles. The Balaban J connectivity index is 2.16. The second-order valence-electron chi connectivity index (χ2n) is 3.64. The van der Waals surface area contributed by atoms with Crippen molar-refractivity contribution in [2.24, 2.45) is 0 Å². The van der Waals surface area contributed by atoms with Gasteiger partial charge >= 0.3 is 0 Å². The molecule has 0 amide bonds. The Kier molecular flexibility index (Phi) is 1.47. The molecule has 1 aliphatic carbocycles. The van der Waals surface area contributed by atoms with Gasteiger partial charge in [-0.15, -0.1) is 0 Å². The lowest BCUT2D eigenvalue weighted by molar-refractivity contribution is 0.399. The predicted molar refractivity (Wildman–Crippen MR) is 49.0 cm³/mol. The standard InChI is InChI=1S/C9H10N4O/c14-8-4-7(6-2-1-3-6)12-9-10-5-11-13(8)9/h4-6,14H,1-3H2. The second kappa shape index (κ2) is 2.67. The minimum Gasteiger partial charge on any atom is -0.493 e. The van der Waals surface area contributed by atoms with Gasteiger partial charge < -0.3 is 5.11 Å². The summed E-state index contributed by atoms with van der Waals surface area (Å²) in [5.74, 6) is 1.10. The Labute approximate surface area is 80.4 Å². The van der Waals surface area contributed by atoms with E-state index >= 15 is 0 Å². The molecule has 1 N–H and O–H groups in total. The monoisotopic (exact) mass is 190 g/mol. The smallest absolute Gasteiger partial charge is 0.255 e. The first-order valence-corrected chi connectivity index (χ1v) is 4.74. The molecule has 2 aromatic rings. The molecule has 1 fully saturated rings. The summed E-state index contributed by atoms with van der Waals surface area (Å²) in [7, 11) is 0. The van der Waals surface area contributed by atoms with Crippen LogP contribution < -0.4 is 0 Å². The fourth-order valence-electron chi connectivity index (χ4n) is 1.73. The van der Waals surface area contributed by atoms with Crippen LogP contribution in [0.5, 0.6) is 5.88 Å². The van der Waals surface area contributed by atoms with E-state index in [-0.39, 0.29) is 5.88 Å². The third-order valence-electron chi connectivity index (χ3n) is 2.78. The Morgan fingerprint density at radius 2 is 2.29 bits per heavy atom. The molecular formula is C9H10N4O. The van der Waals surface area contributed by atoms with Crippen LogP contribution in [-0.2, 0) is 0 Å². The van der Waals surface area contributed by atoms with E-state index in [9.17, 15) is 5.11 Å². The molecule has 0 aliphatic heterocycles. The highest BCUT2D eigenvalue weighted by atomic mass is 16.3. The quantitative estimate of drug-likeness (QED) is 0.731. The van der Waals surface area contributed by atoms with Crippen LogP contribution in [0.25, 0.3) is 5.78 Å². The maximum absolute atomic E-state index is 9.63. The van der Waals surface area contributed by atoms with Crippen molar-refractivity contribution in [1.29, 1.82) is 0 Å². The van der Waals surface area contributed by atoms with Crippen molar-refractivity contribution in [3.63, 3.8) is 0 Å². The van der Waals surface area contributed by atoms with Gasteiger partial charge in [0.1, 0.15) is 6.33 Å². The molecule has 1 aliphatic rings. The zero-order chi connectivity index (χ0) is 9.54. The minimum absolute atomic E-state index is 0.120. The van der Waals surface area contributed by atoms with E-state index in [1.54, 1.807) is 6.07 Å². The normalized spacial score (nSPS) is 17.1. The van der Waals surface area contributed by atoms with Crippen molar-refractivity contribution in [3.05, 3.63) is 18.1 Å². The molecule has 0 atom stereocenters. The summed E-state index contributed by atoms with van der Waals surface area (Å²) in [6.45, 7) is 0. The summed E-state index contributed by atoms with van der Waals surface area (Å²) in [4.78, 5) is 8.31. The maximum atomic E-state index is 9.63. The average Bonchev–Trinajstić information content (AvgIpc) is 2.48. The van der Waals surface area contributed by atoms with Gasteiger partial charge in [0.2, 0.25) is 5.88 Å². The van der Waals surface area contributed by atoms with Crippen LogP contribution in [0.2, 0.25) is 0 Å². The lowest BCUT2D eigenvalue weighted by Gasteiger charge is -2.24. The summed E-state index contributed by atoms with van der Waals surface area (Å²) in [6, 6.07) is 1.69. The third-order valence-corrected chi connectivity index (χ3v) is 2.78. The molecule has 0 radical (unpaired) electrons. The largest absolute Gasteiger partial charge is 0.493 e. The number of aromatic nitrogens is 4. The second-order valence-corrected chi connectivity index (χ2v) is 3.64. The number of hydrogen-bond acceptors (Lipinski definition) is 4. The van der Waals surface area contributed by atoms with E-state index in [0.29, 0.717) is 11.7 Å². The fraction of sp³-hybridized carbons (Fsp3) is 0.444. The summed E-state index contributed by atoms with van der Waals surface area (Å²) >= 11 is 0. The van der Waals surface area contributed by atoms with Gasteiger partial charge in [-0.3, -0.25) is 0 Å². The SMILES string of the molecule is Oc1cc(C2CCC2)nc2ncnn12. The van der Waals surface area contributed by atoms with Gasteiger partial charge in [-0.2, -0.15) is 14.6 Å². The van der Waals surface area contributed by atoms with Crippen LogP contribution in [0.3, 0.4) is 0 Å². The molecule has 3 rings (SSSR count). The van der Waals surface area contributed by atoms with Gasteiger partial charge in [0.05, 0.1) is 5.69 Å². The lowest BCUT2D eigenvalue weighted by Crippen LogP contribution is -2.11. The molecule has 14 heavy (non-hydrogen) atoms. The highest BCUT2D eigenvalue weighted by Gasteiger charge is 2.22. The fourth-order valence-corrected chi connectivity index (χ4v) is 1.73. The van der Waals surface area contributed by atoms with E-state index in [1.165, 1.54) is 17.3 Å². The third kappa shape index (κ3) is 0.982. The van der Waals surface area contributed by atoms with E-state index in [2.05, 4.69) is 15.1 Å². The van der Waals surface area contributed by atoms with E-state index < -0.39 is 0 Å². The van der Waals surface area contributed by atoms with Gasteiger partial charge in [0.15, 0.2) is 0 Å². The topological polar surface area (TPSA) is 63.3 Å². The Morgan fingerprint density at radius 1 is 1.43 bits per heavy atom. The first-order valence-electron chi connectivity index (χ1n) is 4.74. The molecule has 0 aromatic carbocycles. The van der Waals surface area contributed by atoms with Crippen molar-refractivity contribution >= 4 is 5.78 Å². The molecule has 0 spiro atoms. The van der Waals surface area contributed by atoms with Crippen molar-refractivity contribution in [1.82, 2.24) is 19.6 Å². The Hall–Kier alpha value is -1.65. The van der Waals surface area contributed by atoms with Gasteiger partial charge in [0.25, 0.3) is 5.78 Å². The van der Waals surface area contributed by atoms with Crippen LogP contribution in [0, 0.1) is 0 Å². The van der Waals surface area contributed by atoms with Crippen LogP contribution in [0.15, 0.2) is 12.4 Å². The first kappa shape index (κ1) is 7.73. The van der Waals surface area contributed by atoms with Gasteiger partial charge in [-0.1, -0.05) is 6.42 Å². The predicted octanol–water partition coefficient (Wildman–Crippen LogP) is 1.10. The molecule has 2 heterocycles. The van der Waals surface area contributed by atoms with Crippen LogP contribution in [0.4, 0.5) is 0 Å². The van der Waals surface area contributed by atoms with Gasteiger partial charge in [-0.05, 0) is 12.8 Å². The molecule has 0 bridgehead atoms. The lowest BCUT2D eigenvalue weighted by atomic mass is 9.83. The summed E-state index contributed by atoms with van der Waals surface area (Å²) in [6.07, 6.45) is 4.98. The zero-order valence-corrected chi connectivity index (χ0v) is 7.59. The van der Waals surface area contributed by atoms with Crippen molar-refractivity contribution in [2.45, 2.75) is 25.2 Å². The molecule has 2 aromatic heterocycles. The molecular weight excluding hydrogens is 180 g/mol. The molecule has 0 saturated heterocycles. The van der Waals surface area contributed by atoms with Crippen molar-refractivity contribution in [2.75, 3.05) is 0 Å².